The molecule has 150 valence electrons. The van der Waals surface area contributed by atoms with Crippen molar-refractivity contribution in [3.8, 4) is 23.1 Å². The van der Waals surface area contributed by atoms with Crippen LogP contribution in [0.1, 0.15) is 11.4 Å². The number of halogens is 2. The lowest BCUT2D eigenvalue weighted by atomic mass is 10.1. The highest BCUT2D eigenvalue weighted by Crippen LogP contribution is 2.43. The second-order valence-corrected chi connectivity index (χ2v) is 6.70. The fraction of sp³-hybridized carbons (Fsp3) is 0.200. The third kappa shape index (κ3) is 3.58. The van der Waals surface area contributed by atoms with E-state index in [1.54, 1.807) is 39.3 Å². The summed E-state index contributed by atoms with van der Waals surface area (Å²) in [4.78, 5) is 8.79. The molecule has 4 rings (SSSR count). The highest BCUT2D eigenvalue weighted by atomic mass is 35.5. The van der Waals surface area contributed by atoms with Gasteiger partial charge in [-0.15, -0.1) is 0 Å². The number of hydrogen-bond donors (Lipinski definition) is 2. The van der Waals surface area contributed by atoms with Crippen molar-refractivity contribution in [1.29, 1.82) is 0 Å². The SMILES string of the molecule is COc1cc2c(cc1OC)Oc1nc(C)nc(Nc3cccc(Cl)c3F)c1NC2. The average molecular weight is 417 g/mol. The summed E-state index contributed by atoms with van der Waals surface area (Å²) < 4.78 is 31.1. The molecule has 7 nitrogen and oxygen atoms in total. The van der Waals surface area contributed by atoms with Crippen molar-refractivity contribution in [2.45, 2.75) is 13.5 Å². The highest BCUT2D eigenvalue weighted by molar-refractivity contribution is 6.31. The monoisotopic (exact) mass is 416 g/mol. The van der Waals surface area contributed by atoms with E-state index in [4.69, 9.17) is 25.8 Å². The zero-order valence-corrected chi connectivity index (χ0v) is 16.7. The molecule has 0 bridgehead atoms. The van der Waals surface area contributed by atoms with E-state index in [1.807, 2.05) is 6.07 Å². The molecule has 2 heterocycles. The zero-order chi connectivity index (χ0) is 20.5. The molecule has 1 aliphatic heterocycles. The van der Waals surface area contributed by atoms with Crippen molar-refractivity contribution in [3.05, 3.63) is 52.6 Å². The van der Waals surface area contributed by atoms with Crippen LogP contribution in [-0.4, -0.2) is 24.2 Å². The molecule has 0 saturated heterocycles. The van der Waals surface area contributed by atoms with Crippen LogP contribution in [0.15, 0.2) is 30.3 Å². The Morgan fingerprint density at radius 1 is 1.17 bits per heavy atom. The van der Waals surface area contributed by atoms with Gasteiger partial charge in [0.2, 0.25) is 5.88 Å². The van der Waals surface area contributed by atoms with Crippen LogP contribution in [0.3, 0.4) is 0 Å². The van der Waals surface area contributed by atoms with Gasteiger partial charge in [-0.2, -0.15) is 4.98 Å². The van der Waals surface area contributed by atoms with E-state index in [-0.39, 0.29) is 10.7 Å². The molecule has 0 amide bonds. The Morgan fingerprint density at radius 3 is 2.69 bits per heavy atom. The Morgan fingerprint density at radius 2 is 1.93 bits per heavy atom. The number of hydrogen-bond acceptors (Lipinski definition) is 7. The summed E-state index contributed by atoms with van der Waals surface area (Å²) in [5.41, 5.74) is 1.55. The summed E-state index contributed by atoms with van der Waals surface area (Å²) in [5.74, 6) is 2.29. The number of methoxy groups -OCH3 is 2. The molecule has 3 aromatic rings. The number of nitrogens with zero attached hydrogens (tertiary/aromatic N) is 2. The van der Waals surface area contributed by atoms with Crippen LogP contribution in [0, 0.1) is 12.7 Å². The topological polar surface area (TPSA) is 77.5 Å². The first-order valence-electron chi connectivity index (χ1n) is 8.76. The lowest BCUT2D eigenvalue weighted by Gasteiger charge is -2.15. The lowest BCUT2D eigenvalue weighted by Crippen LogP contribution is -2.06. The van der Waals surface area contributed by atoms with Gasteiger partial charge in [0, 0.05) is 18.2 Å². The summed E-state index contributed by atoms with van der Waals surface area (Å²) in [6.45, 7) is 2.14. The quantitative estimate of drug-likeness (QED) is 0.615. The molecule has 0 spiro atoms. The van der Waals surface area contributed by atoms with Crippen LogP contribution < -0.4 is 24.8 Å². The van der Waals surface area contributed by atoms with E-state index in [1.165, 1.54) is 6.07 Å². The van der Waals surface area contributed by atoms with E-state index in [9.17, 15) is 4.39 Å². The minimum Gasteiger partial charge on any atom is -0.493 e. The molecular formula is C20H18ClFN4O3. The summed E-state index contributed by atoms with van der Waals surface area (Å²) in [7, 11) is 3.13. The molecule has 1 aromatic heterocycles. The molecule has 29 heavy (non-hydrogen) atoms. The lowest BCUT2D eigenvalue weighted by molar-refractivity contribution is 0.351. The second kappa shape index (κ2) is 7.63. The van der Waals surface area contributed by atoms with Crippen molar-refractivity contribution in [2.75, 3.05) is 24.9 Å². The Balaban J connectivity index is 1.76. The van der Waals surface area contributed by atoms with Crippen LogP contribution in [0.5, 0.6) is 23.1 Å². The van der Waals surface area contributed by atoms with Crippen LogP contribution in [-0.2, 0) is 6.54 Å². The predicted octanol–water partition coefficient (Wildman–Crippen LogP) is 5.06. The van der Waals surface area contributed by atoms with Gasteiger partial charge in [0.05, 0.1) is 24.9 Å². The largest absolute Gasteiger partial charge is 0.493 e. The van der Waals surface area contributed by atoms with Gasteiger partial charge < -0.3 is 24.8 Å². The number of rotatable bonds is 4. The van der Waals surface area contributed by atoms with Gasteiger partial charge in [-0.05, 0) is 25.1 Å². The Hall–Kier alpha value is -3.26. The van der Waals surface area contributed by atoms with Gasteiger partial charge in [-0.1, -0.05) is 17.7 Å². The van der Waals surface area contributed by atoms with Gasteiger partial charge >= 0.3 is 0 Å². The predicted molar refractivity (Wildman–Crippen MR) is 108 cm³/mol. The second-order valence-electron chi connectivity index (χ2n) is 6.30. The van der Waals surface area contributed by atoms with Crippen molar-refractivity contribution in [3.63, 3.8) is 0 Å². The first-order valence-corrected chi connectivity index (χ1v) is 9.14. The average Bonchev–Trinajstić information content (AvgIpc) is 2.88. The Kier molecular flexibility index (Phi) is 5.02. The minimum absolute atomic E-state index is 0.0164. The number of benzene rings is 2. The van der Waals surface area contributed by atoms with E-state index < -0.39 is 5.82 Å². The van der Waals surface area contributed by atoms with Crippen molar-refractivity contribution in [2.24, 2.45) is 0 Å². The van der Waals surface area contributed by atoms with Crippen LogP contribution in [0.2, 0.25) is 5.02 Å². The Bertz CT molecular complexity index is 1090. The number of fused-ring (bicyclic) bond motifs is 2. The van der Waals surface area contributed by atoms with Gasteiger partial charge in [-0.3, -0.25) is 0 Å². The summed E-state index contributed by atoms with van der Waals surface area (Å²) in [6.07, 6.45) is 0. The van der Waals surface area contributed by atoms with Gasteiger partial charge in [0.15, 0.2) is 23.1 Å². The van der Waals surface area contributed by atoms with Crippen LogP contribution in [0.4, 0.5) is 21.6 Å². The maximum Gasteiger partial charge on any atom is 0.248 e. The van der Waals surface area contributed by atoms with Crippen molar-refractivity contribution in [1.82, 2.24) is 9.97 Å². The summed E-state index contributed by atoms with van der Waals surface area (Å²) in [6, 6.07) is 8.28. The summed E-state index contributed by atoms with van der Waals surface area (Å²) >= 11 is 5.89. The van der Waals surface area contributed by atoms with Crippen molar-refractivity contribution >= 4 is 28.8 Å². The molecule has 1 aliphatic rings. The molecule has 0 radical (unpaired) electrons. The van der Waals surface area contributed by atoms with E-state index >= 15 is 0 Å². The zero-order valence-electron chi connectivity index (χ0n) is 16.0. The van der Waals surface area contributed by atoms with Crippen LogP contribution >= 0.6 is 11.6 Å². The number of anilines is 3. The molecule has 0 saturated carbocycles. The molecular weight excluding hydrogens is 399 g/mol. The van der Waals surface area contributed by atoms with Gasteiger partial charge in [0.25, 0.3) is 0 Å². The van der Waals surface area contributed by atoms with Crippen molar-refractivity contribution < 1.29 is 18.6 Å². The first kappa shape index (κ1) is 19.1. The van der Waals surface area contributed by atoms with Gasteiger partial charge in [-0.25, -0.2) is 9.37 Å². The fourth-order valence-corrected chi connectivity index (χ4v) is 3.20. The number of aromatic nitrogens is 2. The maximum atomic E-state index is 14.4. The fourth-order valence-electron chi connectivity index (χ4n) is 3.02. The number of nitrogens with one attached hydrogen (secondary N) is 2. The molecule has 0 atom stereocenters. The molecule has 0 aliphatic carbocycles. The molecule has 0 unspecified atom stereocenters. The van der Waals surface area contributed by atoms with E-state index in [2.05, 4.69) is 20.6 Å². The van der Waals surface area contributed by atoms with E-state index in [0.29, 0.717) is 47.0 Å². The first-order chi connectivity index (χ1) is 14.0. The molecule has 2 aromatic carbocycles. The van der Waals surface area contributed by atoms with E-state index in [0.717, 1.165) is 5.56 Å². The normalized spacial score (nSPS) is 12.0. The minimum atomic E-state index is -0.563. The van der Waals surface area contributed by atoms with Gasteiger partial charge in [0.1, 0.15) is 17.3 Å². The molecule has 0 fully saturated rings. The number of aryl methyl sites for hydroxylation is 1. The third-order valence-electron chi connectivity index (χ3n) is 4.42. The standard InChI is InChI=1S/C20H18ClFN4O3/c1-10-24-19(26-13-6-4-5-12(21)17(13)22)18-20(25-10)29-14-8-16(28-3)15(27-2)7-11(14)9-23-18/h4-8,23H,9H2,1-3H3,(H,24,25,26). The Labute approximate surface area is 171 Å². The smallest absolute Gasteiger partial charge is 0.248 e. The van der Waals surface area contributed by atoms with Crippen LogP contribution in [0.25, 0.3) is 0 Å². The maximum absolute atomic E-state index is 14.4. The molecule has 2 N–H and O–H groups in total. The third-order valence-corrected chi connectivity index (χ3v) is 4.71. The number of ether oxygens (including phenoxy) is 3. The molecule has 9 heteroatoms. The summed E-state index contributed by atoms with van der Waals surface area (Å²) in [5, 5.41) is 6.25. The highest BCUT2D eigenvalue weighted by Gasteiger charge is 2.23.